The number of aliphatic imine (C=N–C) groups is 1. The molecular formula is C21H32F3N5O. The summed E-state index contributed by atoms with van der Waals surface area (Å²) in [4.78, 5) is 9.20. The zero-order valence-corrected chi connectivity index (χ0v) is 17.7. The van der Waals surface area contributed by atoms with Crippen LogP contribution in [-0.4, -0.2) is 80.8 Å². The van der Waals surface area contributed by atoms with Gasteiger partial charge in [-0.05, 0) is 38.1 Å². The third-order valence-electron chi connectivity index (χ3n) is 5.44. The number of nitrogens with zero attached hydrogens (tertiary/aromatic N) is 3. The molecule has 0 radical (unpaired) electrons. The summed E-state index contributed by atoms with van der Waals surface area (Å²) >= 11 is 0. The van der Waals surface area contributed by atoms with E-state index in [2.05, 4.69) is 27.5 Å². The largest absolute Gasteiger partial charge is 0.416 e. The summed E-state index contributed by atoms with van der Waals surface area (Å²) < 4.78 is 43.9. The van der Waals surface area contributed by atoms with Crippen LogP contribution in [0.25, 0.3) is 0 Å². The van der Waals surface area contributed by atoms with Crippen molar-refractivity contribution >= 4 is 5.96 Å². The summed E-state index contributed by atoms with van der Waals surface area (Å²) in [7, 11) is 2.09. The average Bonchev–Trinajstić information content (AvgIpc) is 3.13. The van der Waals surface area contributed by atoms with Crippen LogP contribution in [0.3, 0.4) is 0 Å². The SMILES string of the molecule is CCNC(=NCC1CN(C)CCO1)NC1CCN(Cc2ccc(C(F)(F)F)cc2)C1. The second kappa shape index (κ2) is 10.5. The van der Waals surface area contributed by atoms with Crippen LogP contribution < -0.4 is 10.6 Å². The number of rotatable bonds is 6. The average molecular weight is 428 g/mol. The van der Waals surface area contributed by atoms with Crippen molar-refractivity contribution in [2.24, 2.45) is 4.99 Å². The van der Waals surface area contributed by atoms with Crippen molar-refractivity contribution in [2.75, 3.05) is 52.9 Å². The van der Waals surface area contributed by atoms with E-state index in [0.717, 1.165) is 69.4 Å². The van der Waals surface area contributed by atoms with E-state index < -0.39 is 11.7 Å². The van der Waals surface area contributed by atoms with Crippen molar-refractivity contribution in [2.45, 2.75) is 38.2 Å². The lowest BCUT2D eigenvalue weighted by atomic mass is 10.1. The van der Waals surface area contributed by atoms with Gasteiger partial charge in [-0.3, -0.25) is 9.89 Å². The predicted octanol–water partition coefficient (Wildman–Crippen LogP) is 2.17. The zero-order chi connectivity index (χ0) is 21.6. The fraction of sp³-hybridized carbons (Fsp3) is 0.667. The van der Waals surface area contributed by atoms with Gasteiger partial charge in [0.15, 0.2) is 5.96 Å². The molecule has 0 amide bonds. The minimum Gasteiger partial charge on any atom is -0.374 e. The van der Waals surface area contributed by atoms with E-state index in [1.165, 1.54) is 0 Å². The Morgan fingerprint density at radius 3 is 2.63 bits per heavy atom. The number of hydrogen-bond donors (Lipinski definition) is 2. The zero-order valence-electron chi connectivity index (χ0n) is 17.7. The highest BCUT2D eigenvalue weighted by molar-refractivity contribution is 5.80. The van der Waals surface area contributed by atoms with Gasteiger partial charge in [0.05, 0.1) is 24.8 Å². The first-order valence-corrected chi connectivity index (χ1v) is 10.6. The molecule has 2 atom stereocenters. The normalized spacial score (nSPS) is 24.2. The van der Waals surface area contributed by atoms with Crippen LogP contribution in [-0.2, 0) is 17.5 Å². The Balaban J connectivity index is 1.48. The first kappa shape index (κ1) is 22.8. The van der Waals surface area contributed by atoms with Gasteiger partial charge in [-0.15, -0.1) is 0 Å². The van der Waals surface area contributed by atoms with Crippen molar-refractivity contribution in [1.82, 2.24) is 20.4 Å². The minimum absolute atomic E-state index is 0.110. The molecule has 6 nitrogen and oxygen atoms in total. The van der Waals surface area contributed by atoms with Crippen LogP contribution >= 0.6 is 0 Å². The molecule has 3 rings (SSSR count). The molecule has 30 heavy (non-hydrogen) atoms. The maximum absolute atomic E-state index is 12.7. The van der Waals surface area contributed by atoms with Crippen molar-refractivity contribution in [3.63, 3.8) is 0 Å². The summed E-state index contributed by atoms with van der Waals surface area (Å²) in [6.45, 7) is 8.37. The number of hydrogen-bond acceptors (Lipinski definition) is 4. The van der Waals surface area contributed by atoms with E-state index in [9.17, 15) is 13.2 Å². The third-order valence-corrected chi connectivity index (χ3v) is 5.44. The van der Waals surface area contributed by atoms with Crippen molar-refractivity contribution in [3.05, 3.63) is 35.4 Å². The van der Waals surface area contributed by atoms with Crippen LogP contribution in [0.4, 0.5) is 13.2 Å². The predicted molar refractivity (Wildman–Crippen MR) is 111 cm³/mol. The van der Waals surface area contributed by atoms with E-state index in [1.807, 2.05) is 6.92 Å². The highest BCUT2D eigenvalue weighted by atomic mass is 19.4. The second-order valence-electron chi connectivity index (χ2n) is 8.03. The molecular weight excluding hydrogens is 395 g/mol. The van der Waals surface area contributed by atoms with Crippen LogP contribution in [0.1, 0.15) is 24.5 Å². The molecule has 9 heteroatoms. The van der Waals surface area contributed by atoms with E-state index >= 15 is 0 Å². The topological polar surface area (TPSA) is 52.1 Å². The Morgan fingerprint density at radius 1 is 1.20 bits per heavy atom. The van der Waals surface area contributed by atoms with Gasteiger partial charge < -0.3 is 20.3 Å². The van der Waals surface area contributed by atoms with E-state index in [-0.39, 0.29) is 12.1 Å². The summed E-state index contributed by atoms with van der Waals surface area (Å²) in [5, 5.41) is 6.78. The van der Waals surface area contributed by atoms with Crippen LogP contribution in [0.2, 0.25) is 0 Å². The van der Waals surface area contributed by atoms with Gasteiger partial charge >= 0.3 is 6.18 Å². The number of benzene rings is 1. The molecule has 2 fully saturated rings. The first-order chi connectivity index (χ1) is 14.3. The molecule has 0 bridgehead atoms. The van der Waals surface area contributed by atoms with Crippen LogP contribution in [0.15, 0.2) is 29.3 Å². The Kier molecular flexibility index (Phi) is 7.96. The van der Waals surface area contributed by atoms with Crippen molar-refractivity contribution in [1.29, 1.82) is 0 Å². The molecule has 2 unspecified atom stereocenters. The quantitative estimate of drug-likeness (QED) is 0.538. The molecule has 168 valence electrons. The molecule has 2 aliphatic heterocycles. The van der Waals surface area contributed by atoms with Crippen LogP contribution in [0, 0.1) is 0 Å². The number of guanidine groups is 1. The lowest BCUT2D eigenvalue weighted by molar-refractivity contribution is -0.137. The molecule has 2 N–H and O–H groups in total. The molecule has 2 aliphatic rings. The summed E-state index contributed by atoms with van der Waals surface area (Å²) in [5.41, 5.74) is 0.287. The Morgan fingerprint density at radius 2 is 1.97 bits per heavy atom. The molecule has 1 aromatic carbocycles. The van der Waals surface area contributed by atoms with Gasteiger partial charge in [0, 0.05) is 45.3 Å². The maximum atomic E-state index is 12.7. The van der Waals surface area contributed by atoms with E-state index in [1.54, 1.807) is 12.1 Å². The van der Waals surface area contributed by atoms with Gasteiger partial charge in [0.2, 0.25) is 0 Å². The van der Waals surface area contributed by atoms with Gasteiger partial charge in [0.1, 0.15) is 0 Å². The first-order valence-electron chi connectivity index (χ1n) is 10.6. The molecule has 0 saturated carbocycles. The third kappa shape index (κ3) is 6.85. The number of nitrogens with one attached hydrogen (secondary N) is 2. The molecule has 2 saturated heterocycles. The Hall–Kier alpha value is -1.84. The number of morpholine rings is 1. The standard InChI is InChI=1S/C21H32F3N5O/c1-3-25-20(26-12-19-15-28(2)10-11-30-19)27-18-8-9-29(14-18)13-16-4-6-17(7-5-16)21(22,23)24/h4-7,18-19H,3,8-15H2,1-2H3,(H2,25,26,27). The molecule has 0 spiro atoms. The van der Waals surface area contributed by atoms with Gasteiger partial charge in [0.25, 0.3) is 0 Å². The number of likely N-dealkylation sites (N-methyl/N-ethyl adjacent to an activating group) is 1. The maximum Gasteiger partial charge on any atom is 0.416 e. The molecule has 0 aromatic heterocycles. The number of alkyl halides is 3. The highest BCUT2D eigenvalue weighted by Gasteiger charge is 2.30. The Labute approximate surface area is 176 Å². The van der Waals surface area contributed by atoms with Crippen molar-refractivity contribution in [3.8, 4) is 0 Å². The van der Waals surface area contributed by atoms with Gasteiger partial charge in [-0.25, -0.2) is 0 Å². The van der Waals surface area contributed by atoms with Gasteiger partial charge in [-0.2, -0.15) is 13.2 Å². The molecule has 1 aromatic rings. The van der Waals surface area contributed by atoms with E-state index in [0.29, 0.717) is 13.1 Å². The summed E-state index contributed by atoms with van der Waals surface area (Å²) in [6, 6.07) is 5.70. The lowest BCUT2D eigenvalue weighted by Crippen LogP contribution is -2.46. The monoisotopic (exact) mass is 427 g/mol. The molecule has 2 heterocycles. The lowest BCUT2D eigenvalue weighted by Gasteiger charge is -2.29. The van der Waals surface area contributed by atoms with Gasteiger partial charge in [-0.1, -0.05) is 12.1 Å². The smallest absolute Gasteiger partial charge is 0.374 e. The molecule has 0 aliphatic carbocycles. The number of likely N-dealkylation sites (tertiary alicyclic amines) is 1. The van der Waals surface area contributed by atoms with Crippen molar-refractivity contribution < 1.29 is 17.9 Å². The second-order valence-corrected chi connectivity index (χ2v) is 8.03. The highest BCUT2D eigenvalue weighted by Crippen LogP contribution is 2.29. The fourth-order valence-corrected chi connectivity index (χ4v) is 3.84. The van der Waals surface area contributed by atoms with E-state index in [4.69, 9.17) is 9.73 Å². The number of ether oxygens (including phenoxy) is 1. The minimum atomic E-state index is -4.29. The van der Waals surface area contributed by atoms with Crippen LogP contribution in [0.5, 0.6) is 0 Å². The summed E-state index contributed by atoms with van der Waals surface area (Å²) in [6.07, 6.45) is -3.21. The Bertz CT molecular complexity index is 695. The summed E-state index contributed by atoms with van der Waals surface area (Å²) in [5.74, 6) is 0.788. The fourth-order valence-electron chi connectivity index (χ4n) is 3.84. The number of halogens is 3.